The molecule has 0 saturated heterocycles. The van der Waals surface area contributed by atoms with E-state index in [-0.39, 0.29) is 5.91 Å². The van der Waals surface area contributed by atoms with Crippen LogP contribution in [0.4, 0.5) is 11.6 Å². The minimum atomic E-state index is -0.186. The first kappa shape index (κ1) is 18.0. The van der Waals surface area contributed by atoms with Crippen LogP contribution in [-0.2, 0) is 0 Å². The number of benzene rings is 1. The molecule has 2 heterocycles. The topological polar surface area (TPSA) is 71.0 Å². The molecule has 7 heteroatoms. The standard InChI is InChI=1S/C19H21N5OS/c1-11-15(12(2)22-19(21-11)24(4)5)23-17(25)16-13(3)20-18(26-16)14-9-7-6-8-10-14/h6-10H,1-5H3,(H,23,25). The van der Waals surface area contributed by atoms with Crippen LogP contribution >= 0.6 is 11.3 Å². The fourth-order valence-corrected chi connectivity index (χ4v) is 3.53. The molecule has 0 aliphatic carbocycles. The van der Waals surface area contributed by atoms with Gasteiger partial charge in [0, 0.05) is 19.7 Å². The molecule has 26 heavy (non-hydrogen) atoms. The van der Waals surface area contributed by atoms with Crippen LogP contribution in [0.25, 0.3) is 10.6 Å². The summed E-state index contributed by atoms with van der Waals surface area (Å²) in [7, 11) is 3.77. The number of rotatable bonds is 4. The van der Waals surface area contributed by atoms with E-state index in [1.807, 2.05) is 70.1 Å². The van der Waals surface area contributed by atoms with Crippen LogP contribution < -0.4 is 10.2 Å². The van der Waals surface area contributed by atoms with Gasteiger partial charge in [-0.1, -0.05) is 30.3 Å². The van der Waals surface area contributed by atoms with Gasteiger partial charge in [-0.2, -0.15) is 0 Å². The second kappa shape index (κ2) is 7.21. The predicted octanol–water partition coefficient (Wildman–Crippen LogP) is 3.84. The van der Waals surface area contributed by atoms with Crippen LogP contribution in [0.15, 0.2) is 30.3 Å². The SMILES string of the molecule is Cc1nc(-c2ccccc2)sc1C(=O)Nc1c(C)nc(N(C)C)nc1C. The smallest absolute Gasteiger partial charge is 0.267 e. The fourth-order valence-electron chi connectivity index (χ4n) is 2.56. The fraction of sp³-hybridized carbons (Fsp3) is 0.263. The number of thiazole rings is 1. The first-order chi connectivity index (χ1) is 12.4. The zero-order valence-corrected chi connectivity index (χ0v) is 16.3. The Morgan fingerprint density at radius 1 is 0.962 bits per heavy atom. The number of nitrogens with one attached hydrogen (secondary N) is 1. The molecule has 1 aromatic carbocycles. The Labute approximate surface area is 157 Å². The van der Waals surface area contributed by atoms with Crippen molar-refractivity contribution in [1.82, 2.24) is 15.0 Å². The number of anilines is 2. The van der Waals surface area contributed by atoms with Crippen LogP contribution in [0.3, 0.4) is 0 Å². The molecule has 0 spiro atoms. The monoisotopic (exact) mass is 367 g/mol. The van der Waals surface area contributed by atoms with Crippen LogP contribution in [0, 0.1) is 20.8 Å². The van der Waals surface area contributed by atoms with E-state index in [0.717, 1.165) is 22.0 Å². The van der Waals surface area contributed by atoms with Crippen LogP contribution in [0.5, 0.6) is 0 Å². The number of hydrogen-bond acceptors (Lipinski definition) is 6. The van der Waals surface area contributed by atoms with Crippen LogP contribution in [0.1, 0.15) is 26.8 Å². The number of nitrogens with zero attached hydrogens (tertiary/aromatic N) is 4. The summed E-state index contributed by atoms with van der Waals surface area (Å²) in [4.78, 5) is 28.7. The minimum Gasteiger partial charge on any atom is -0.347 e. The Bertz CT molecular complexity index is 927. The summed E-state index contributed by atoms with van der Waals surface area (Å²) in [6.45, 7) is 5.58. The zero-order chi connectivity index (χ0) is 18.8. The van der Waals surface area contributed by atoms with Crippen molar-refractivity contribution in [3.8, 4) is 10.6 Å². The van der Waals surface area contributed by atoms with Crippen LogP contribution in [0.2, 0.25) is 0 Å². The zero-order valence-electron chi connectivity index (χ0n) is 15.5. The van der Waals surface area contributed by atoms with Gasteiger partial charge in [-0.25, -0.2) is 15.0 Å². The molecule has 0 aliphatic heterocycles. The van der Waals surface area contributed by atoms with Crippen molar-refractivity contribution in [3.05, 3.63) is 52.3 Å². The maximum Gasteiger partial charge on any atom is 0.267 e. The molecule has 2 aromatic heterocycles. The van der Waals surface area contributed by atoms with Crippen molar-refractivity contribution >= 4 is 28.9 Å². The molecule has 3 aromatic rings. The molecule has 0 aliphatic rings. The quantitative estimate of drug-likeness (QED) is 0.758. The van der Waals surface area contributed by atoms with Crippen molar-refractivity contribution < 1.29 is 4.79 Å². The number of carbonyl (C=O) groups excluding carboxylic acids is 1. The van der Waals surface area contributed by atoms with Crippen molar-refractivity contribution in [2.45, 2.75) is 20.8 Å². The van der Waals surface area contributed by atoms with E-state index in [1.165, 1.54) is 11.3 Å². The highest BCUT2D eigenvalue weighted by Gasteiger charge is 2.19. The van der Waals surface area contributed by atoms with Crippen molar-refractivity contribution in [2.24, 2.45) is 0 Å². The Balaban J connectivity index is 1.89. The van der Waals surface area contributed by atoms with Gasteiger partial charge in [0.2, 0.25) is 5.95 Å². The van der Waals surface area contributed by atoms with Crippen molar-refractivity contribution in [2.75, 3.05) is 24.3 Å². The Morgan fingerprint density at radius 3 is 2.15 bits per heavy atom. The lowest BCUT2D eigenvalue weighted by molar-refractivity contribution is 0.102. The number of amides is 1. The number of aromatic nitrogens is 3. The first-order valence-corrected chi connectivity index (χ1v) is 9.05. The normalized spacial score (nSPS) is 10.7. The Hall–Kier alpha value is -2.80. The average Bonchev–Trinajstić information content (AvgIpc) is 3.00. The highest BCUT2D eigenvalue weighted by atomic mass is 32.1. The second-order valence-corrected chi connectivity index (χ2v) is 7.22. The average molecular weight is 367 g/mol. The highest BCUT2D eigenvalue weighted by Crippen LogP contribution is 2.29. The van der Waals surface area contributed by atoms with E-state index in [4.69, 9.17) is 0 Å². The maximum absolute atomic E-state index is 12.8. The summed E-state index contributed by atoms with van der Waals surface area (Å²) in [5.41, 5.74) is 3.84. The predicted molar refractivity (Wildman–Crippen MR) is 106 cm³/mol. The molecule has 0 fully saturated rings. The second-order valence-electron chi connectivity index (χ2n) is 6.22. The summed E-state index contributed by atoms with van der Waals surface area (Å²) < 4.78 is 0. The van der Waals surface area contributed by atoms with Gasteiger partial charge >= 0.3 is 0 Å². The Kier molecular flexibility index (Phi) is 4.99. The van der Waals surface area contributed by atoms with Gasteiger partial charge in [-0.05, 0) is 20.8 Å². The van der Waals surface area contributed by atoms with E-state index < -0.39 is 0 Å². The lowest BCUT2D eigenvalue weighted by Crippen LogP contribution is -2.18. The third-order valence-corrected chi connectivity index (χ3v) is 5.13. The van der Waals surface area contributed by atoms with Gasteiger partial charge in [0.15, 0.2) is 0 Å². The minimum absolute atomic E-state index is 0.186. The van der Waals surface area contributed by atoms with Gasteiger partial charge in [-0.15, -0.1) is 11.3 Å². The van der Waals surface area contributed by atoms with Gasteiger partial charge in [-0.3, -0.25) is 4.79 Å². The maximum atomic E-state index is 12.8. The summed E-state index contributed by atoms with van der Waals surface area (Å²) in [5, 5.41) is 3.79. The number of hydrogen-bond donors (Lipinski definition) is 1. The van der Waals surface area contributed by atoms with Gasteiger partial charge in [0.25, 0.3) is 5.91 Å². The molecule has 0 saturated carbocycles. The molecule has 0 unspecified atom stereocenters. The van der Waals surface area contributed by atoms with Gasteiger partial charge in [0.1, 0.15) is 9.88 Å². The highest BCUT2D eigenvalue weighted by molar-refractivity contribution is 7.17. The van der Waals surface area contributed by atoms with E-state index in [1.54, 1.807) is 0 Å². The molecular weight excluding hydrogens is 346 g/mol. The molecule has 0 bridgehead atoms. The molecule has 1 N–H and O–H groups in total. The lowest BCUT2D eigenvalue weighted by atomic mass is 10.2. The molecule has 1 amide bonds. The van der Waals surface area contributed by atoms with Crippen LogP contribution in [-0.4, -0.2) is 35.0 Å². The molecule has 134 valence electrons. The molecule has 6 nitrogen and oxygen atoms in total. The summed E-state index contributed by atoms with van der Waals surface area (Å²) in [6, 6.07) is 9.86. The van der Waals surface area contributed by atoms with E-state index in [0.29, 0.717) is 22.2 Å². The van der Waals surface area contributed by atoms with Crippen molar-refractivity contribution in [3.63, 3.8) is 0 Å². The van der Waals surface area contributed by atoms with Gasteiger partial charge in [0.05, 0.1) is 22.8 Å². The summed E-state index contributed by atoms with van der Waals surface area (Å²) in [6.07, 6.45) is 0. The van der Waals surface area contributed by atoms with Crippen molar-refractivity contribution in [1.29, 1.82) is 0 Å². The lowest BCUT2D eigenvalue weighted by Gasteiger charge is -2.15. The Morgan fingerprint density at radius 2 is 1.58 bits per heavy atom. The largest absolute Gasteiger partial charge is 0.347 e. The summed E-state index contributed by atoms with van der Waals surface area (Å²) >= 11 is 1.39. The van der Waals surface area contributed by atoms with E-state index >= 15 is 0 Å². The third-order valence-electron chi connectivity index (χ3n) is 3.92. The molecule has 3 rings (SSSR count). The van der Waals surface area contributed by atoms with E-state index in [9.17, 15) is 4.79 Å². The first-order valence-electron chi connectivity index (χ1n) is 8.23. The summed E-state index contributed by atoms with van der Waals surface area (Å²) in [5.74, 6) is 0.438. The number of aryl methyl sites for hydroxylation is 3. The van der Waals surface area contributed by atoms with Gasteiger partial charge < -0.3 is 10.2 Å². The van der Waals surface area contributed by atoms with E-state index in [2.05, 4.69) is 20.3 Å². The third kappa shape index (κ3) is 3.57. The molecule has 0 atom stereocenters. The molecule has 0 radical (unpaired) electrons. The number of carbonyl (C=O) groups is 1. The molecular formula is C19H21N5OS.